The van der Waals surface area contributed by atoms with Crippen LogP contribution in [0.3, 0.4) is 0 Å². The summed E-state index contributed by atoms with van der Waals surface area (Å²) in [5.41, 5.74) is 0.0163. The van der Waals surface area contributed by atoms with Gasteiger partial charge in [-0.1, -0.05) is 22.9 Å². The molecule has 0 aliphatic carbocycles. The molecule has 0 bridgehead atoms. The van der Waals surface area contributed by atoms with Gasteiger partial charge in [0.05, 0.1) is 0 Å². The van der Waals surface area contributed by atoms with E-state index < -0.39 is 0 Å². The van der Waals surface area contributed by atoms with Gasteiger partial charge >= 0.3 is 0 Å². The van der Waals surface area contributed by atoms with Gasteiger partial charge in [0.25, 0.3) is 5.56 Å². The highest BCUT2D eigenvalue weighted by molar-refractivity contribution is 9.09. The van der Waals surface area contributed by atoms with Crippen LogP contribution in [0.15, 0.2) is 17.2 Å². The van der Waals surface area contributed by atoms with Crippen molar-refractivity contribution in [3.8, 4) is 0 Å². The van der Waals surface area contributed by atoms with E-state index in [1.54, 1.807) is 17.0 Å². The summed E-state index contributed by atoms with van der Waals surface area (Å²) in [5.74, 6) is 0.571. The quantitative estimate of drug-likeness (QED) is 0.726. The van der Waals surface area contributed by atoms with Gasteiger partial charge in [0.1, 0.15) is 0 Å². The number of hydrogen-bond acceptors (Lipinski definition) is 3. The molecule has 4 nitrogen and oxygen atoms in total. The summed E-state index contributed by atoms with van der Waals surface area (Å²) >= 11 is 3.43. The van der Waals surface area contributed by atoms with Crippen LogP contribution in [0.5, 0.6) is 0 Å². The molecule has 1 aromatic rings. The molecule has 1 heterocycles. The van der Waals surface area contributed by atoms with Crippen LogP contribution in [0.1, 0.15) is 33.6 Å². The van der Waals surface area contributed by atoms with Crippen LogP contribution >= 0.6 is 15.9 Å². The second kappa shape index (κ2) is 7.56. The fourth-order valence-corrected chi connectivity index (χ4v) is 2.14. The topological polar surface area (TPSA) is 38.1 Å². The lowest BCUT2D eigenvalue weighted by molar-refractivity contribution is 0.619. The number of aryl methyl sites for hydroxylation is 1. The maximum atomic E-state index is 12.3. The Morgan fingerprint density at radius 3 is 2.78 bits per heavy atom. The van der Waals surface area contributed by atoms with E-state index in [9.17, 15) is 4.79 Å². The Hall–Kier alpha value is -0.840. The van der Waals surface area contributed by atoms with Crippen molar-refractivity contribution >= 4 is 21.7 Å². The molecule has 0 atom stereocenters. The largest absolute Gasteiger partial charge is 0.350 e. The SMILES string of the molecule is CCCn1ccnc(N(CCCBr)C(C)C)c1=O. The normalized spacial score (nSPS) is 10.9. The maximum Gasteiger partial charge on any atom is 0.293 e. The predicted molar refractivity (Wildman–Crippen MR) is 79.7 cm³/mol. The lowest BCUT2D eigenvalue weighted by atomic mass is 10.3. The summed E-state index contributed by atoms with van der Waals surface area (Å²) < 4.78 is 1.74. The zero-order valence-corrected chi connectivity index (χ0v) is 13.0. The summed E-state index contributed by atoms with van der Waals surface area (Å²) in [6.07, 6.45) is 5.43. The first-order chi connectivity index (χ1) is 8.61. The maximum absolute atomic E-state index is 12.3. The molecule has 0 unspecified atom stereocenters. The van der Waals surface area contributed by atoms with Crippen LogP contribution in [0.4, 0.5) is 5.82 Å². The smallest absolute Gasteiger partial charge is 0.293 e. The third-order valence-corrected chi connectivity index (χ3v) is 3.35. The number of halogens is 1. The molecule has 0 spiro atoms. The van der Waals surface area contributed by atoms with E-state index in [4.69, 9.17) is 0 Å². The van der Waals surface area contributed by atoms with Crippen LogP contribution in [-0.4, -0.2) is 27.5 Å². The average molecular weight is 316 g/mol. The van der Waals surface area contributed by atoms with E-state index in [0.29, 0.717) is 5.82 Å². The van der Waals surface area contributed by atoms with E-state index in [1.807, 2.05) is 0 Å². The highest BCUT2D eigenvalue weighted by atomic mass is 79.9. The molecule has 1 rings (SSSR count). The molecule has 102 valence electrons. The van der Waals surface area contributed by atoms with Gasteiger partial charge in [-0.2, -0.15) is 0 Å². The Balaban J connectivity index is 3.04. The third-order valence-electron chi connectivity index (χ3n) is 2.79. The van der Waals surface area contributed by atoms with E-state index >= 15 is 0 Å². The second-order valence-electron chi connectivity index (χ2n) is 4.58. The molecule has 18 heavy (non-hydrogen) atoms. The Morgan fingerprint density at radius 2 is 2.22 bits per heavy atom. The Kier molecular flexibility index (Phi) is 6.39. The molecule has 0 aliphatic heterocycles. The van der Waals surface area contributed by atoms with Gasteiger partial charge in [-0.05, 0) is 26.7 Å². The molecule has 0 saturated carbocycles. The molecular weight excluding hydrogens is 294 g/mol. The first-order valence-corrected chi connectivity index (χ1v) is 7.62. The van der Waals surface area contributed by atoms with E-state index in [0.717, 1.165) is 31.3 Å². The van der Waals surface area contributed by atoms with Gasteiger partial charge in [0.2, 0.25) is 0 Å². The number of anilines is 1. The predicted octanol–water partition coefficient (Wildman–Crippen LogP) is 2.65. The van der Waals surface area contributed by atoms with Crippen LogP contribution in [0.25, 0.3) is 0 Å². The molecule has 0 saturated heterocycles. The minimum atomic E-state index is 0.0163. The van der Waals surface area contributed by atoms with Gasteiger partial charge in [0, 0.05) is 36.9 Å². The van der Waals surface area contributed by atoms with Gasteiger partial charge in [0.15, 0.2) is 5.82 Å². The monoisotopic (exact) mass is 315 g/mol. The molecule has 0 aliphatic rings. The lowest BCUT2D eigenvalue weighted by Crippen LogP contribution is -2.38. The number of alkyl halides is 1. The molecule has 0 fully saturated rings. The first kappa shape index (κ1) is 15.2. The van der Waals surface area contributed by atoms with Crippen molar-refractivity contribution in [2.45, 2.75) is 46.2 Å². The summed E-state index contributed by atoms with van der Waals surface area (Å²) in [6.45, 7) is 7.84. The van der Waals surface area contributed by atoms with Gasteiger partial charge in [-0.3, -0.25) is 4.79 Å². The van der Waals surface area contributed by atoms with Crippen LogP contribution in [-0.2, 0) is 6.54 Å². The zero-order valence-electron chi connectivity index (χ0n) is 11.4. The standard InChI is InChI=1S/C13H22BrN3O/c1-4-8-16-10-7-15-12(13(16)18)17(11(2)3)9-5-6-14/h7,10-11H,4-6,8-9H2,1-3H3. The number of nitrogens with zero attached hydrogens (tertiary/aromatic N) is 3. The third kappa shape index (κ3) is 3.83. The second-order valence-corrected chi connectivity index (χ2v) is 5.37. The van der Waals surface area contributed by atoms with Crippen molar-refractivity contribution in [3.05, 3.63) is 22.7 Å². The van der Waals surface area contributed by atoms with Gasteiger partial charge in [-0.15, -0.1) is 0 Å². The molecular formula is C13H22BrN3O. The number of rotatable bonds is 7. The highest BCUT2D eigenvalue weighted by Gasteiger charge is 2.16. The van der Waals surface area contributed by atoms with Crippen molar-refractivity contribution < 1.29 is 0 Å². The molecule has 5 heteroatoms. The Morgan fingerprint density at radius 1 is 1.50 bits per heavy atom. The number of hydrogen-bond donors (Lipinski definition) is 0. The Bertz CT molecular complexity index is 417. The highest BCUT2D eigenvalue weighted by Crippen LogP contribution is 2.10. The first-order valence-electron chi connectivity index (χ1n) is 6.49. The zero-order chi connectivity index (χ0) is 13.5. The number of aromatic nitrogens is 2. The summed E-state index contributed by atoms with van der Waals surface area (Å²) in [6, 6.07) is 0.279. The molecule has 0 radical (unpaired) electrons. The fourth-order valence-electron chi connectivity index (χ4n) is 1.89. The molecule has 0 N–H and O–H groups in total. The van der Waals surface area contributed by atoms with Crippen molar-refractivity contribution in [2.75, 3.05) is 16.8 Å². The average Bonchev–Trinajstić information content (AvgIpc) is 2.34. The summed E-state index contributed by atoms with van der Waals surface area (Å²) in [4.78, 5) is 18.7. The molecule has 1 aromatic heterocycles. The summed E-state index contributed by atoms with van der Waals surface area (Å²) in [7, 11) is 0. The fraction of sp³-hybridized carbons (Fsp3) is 0.692. The Labute approximate surface area is 117 Å². The summed E-state index contributed by atoms with van der Waals surface area (Å²) in [5, 5.41) is 0.937. The van der Waals surface area contributed by atoms with Crippen LogP contribution < -0.4 is 10.5 Å². The van der Waals surface area contributed by atoms with Crippen molar-refractivity contribution in [2.24, 2.45) is 0 Å². The molecule has 0 aromatic carbocycles. The van der Waals surface area contributed by atoms with Crippen LogP contribution in [0, 0.1) is 0 Å². The molecule has 0 amide bonds. The van der Waals surface area contributed by atoms with Crippen molar-refractivity contribution in [1.82, 2.24) is 9.55 Å². The van der Waals surface area contributed by atoms with Gasteiger partial charge < -0.3 is 9.47 Å². The minimum absolute atomic E-state index is 0.0163. The van der Waals surface area contributed by atoms with Gasteiger partial charge in [-0.25, -0.2) is 4.98 Å². The van der Waals surface area contributed by atoms with E-state index in [1.165, 1.54) is 0 Å². The minimum Gasteiger partial charge on any atom is -0.350 e. The van der Waals surface area contributed by atoms with E-state index in [-0.39, 0.29) is 11.6 Å². The van der Waals surface area contributed by atoms with Crippen molar-refractivity contribution in [1.29, 1.82) is 0 Å². The van der Waals surface area contributed by atoms with Crippen LogP contribution in [0.2, 0.25) is 0 Å². The lowest BCUT2D eigenvalue weighted by Gasteiger charge is -2.27. The van der Waals surface area contributed by atoms with Crippen molar-refractivity contribution in [3.63, 3.8) is 0 Å². The van der Waals surface area contributed by atoms with E-state index in [2.05, 4.69) is 46.6 Å².